The molecule has 0 aromatic carbocycles. The van der Waals surface area contributed by atoms with Gasteiger partial charge in [0.05, 0.1) is 18.0 Å². The van der Waals surface area contributed by atoms with Crippen LogP contribution < -0.4 is 10.1 Å². The average Bonchev–Trinajstić information content (AvgIpc) is 2.89. The van der Waals surface area contributed by atoms with Crippen LogP contribution in [0.5, 0.6) is 5.75 Å². The minimum Gasteiger partial charge on any atom is -0.496 e. The Morgan fingerprint density at radius 1 is 1.44 bits per heavy atom. The number of nitrogens with one attached hydrogen (secondary N) is 1. The zero-order valence-electron chi connectivity index (χ0n) is 10.7. The monoisotopic (exact) mass is 262 g/mol. The fourth-order valence-corrected chi connectivity index (χ4v) is 2.85. The Balaban J connectivity index is 2.31. The van der Waals surface area contributed by atoms with Crippen molar-refractivity contribution in [2.75, 3.05) is 13.7 Å². The van der Waals surface area contributed by atoms with Crippen molar-refractivity contribution >= 4 is 11.3 Å². The molecule has 0 spiro atoms. The van der Waals surface area contributed by atoms with Gasteiger partial charge in [0.25, 0.3) is 0 Å². The second kappa shape index (κ2) is 6.52. The van der Waals surface area contributed by atoms with Gasteiger partial charge in [0, 0.05) is 12.4 Å². The van der Waals surface area contributed by atoms with Crippen molar-refractivity contribution in [1.29, 1.82) is 0 Å². The fraction of sp³-hybridized carbons (Fsp3) is 0.357. The number of hydrogen-bond acceptors (Lipinski definition) is 4. The summed E-state index contributed by atoms with van der Waals surface area (Å²) in [6, 6.07) is 6.24. The Bertz CT molecular complexity index is 470. The SMILES string of the molecule is CCCNC(c1cccnc1)c1sccc1OC. The predicted molar refractivity (Wildman–Crippen MR) is 75.2 cm³/mol. The van der Waals surface area contributed by atoms with Crippen LogP contribution in [0.25, 0.3) is 0 Å². The molecule has 1 N–H and O–H groups in total. The molecule has 0 amide bonds. The van der Waals surface area contributed by atoms with Crippen LogP contribution in [0.3, 0.4) is 0 Å². The van der Waals surface area contributed by atoms with E-state index in [4.69, 9.17) is 4.74 Å². The van der Waals surface area contributed by atoms with Gasteiger partial charge in [-0.3, -0.25) is 4.98 Å². The van der Waals surface area contributed by atoms with Gasteiger partial charge in [-0.05, 0) is 36.0 Å². The highest BCUT2D eigenvalue weighted by atomic mass is 32.1. The number of pyridine rings is 1. The molecule has 0 radical (unpaired) electrons. The Labute approximate surface area is 112 Å². The molecular formula is C14H18N2OS. The number of thiophene rings is 1. The maximum atomic E-state index is 5.42. The van der Waals surface area contributed by atoms with E-state index in [1.807, 2.05) is 18.3 Å². The molecule has 1 atom stereocenters. The van der Waals surface area contributed by atoms with Crippen molar-refractivity contribution in [1.82, 2.24) is 10.3 Å². The lowest BCUT2D eigenvalue weighted by Crippen LogP contribution is -2.22. The van der Waals surface area contributed by atoms with Gasteiger partial charge in [-0.15, -0.1) is 11.3 Å². The average molecular weight is 262 g/mol. The molecule has 0 bridgehead atoms. The normalized spacial score (nSPS) is 12.3. The van der Waals surface area contributed by atoms with Crippen molar-refractivity contribution < 1.29 is 4.74 Å². The van der Waals surface area contributed by atoms with Crippen LogP contribution in [0.15, 0.2) is 36.0 Å². The third-order valence-corrected chi connectivity index (χ3v) is 3.72. The number of hydrogen-bond donors (Lipinski definition) is 1. The van der Waals surface area contributed by atoms with E-state index in [0.29, 0.717) is 0 Å². The lowest BCUT2D eigenvalue weighted by molar-refractivity contribution is 0.407. The third kappa shape index (κ3) is 2.89. The van der Waals surface area contributed by atoms with Crippen LogP contribution in [0, 0.1) is 0 Å². The highest BCUT2D eigenvalue weighted by molar-refractivity contribution is 7.10. The van der Waals surface area contributed by atoms with Gasteiger partial charge in [0.15, 0.2) is 0 Å². The number of methoxy groups -OCH3 is 1. The Kier molecular flexibility index (Phi) is 4.73. The maximum Gasteiger partial charge on any atom is 0.134 e. The molecule has 96 valence electrons. The van der Waals surface area contributed by atoms with Crippen LogP contribution >= 0.6 is 11.3 Å². The minimum atomic E-state index is 0.161. The molecule has 0 saturated carbocycles. The summed E-state index contributed by atoms with van der Waals surface area (Å²) in [5.74, 6) is 0.942. The molecule has 2 aromatic heterocycles. The van der Waals surface area contributed by atoms with E-state index in [1.54, 1.807) is 24.6 Å². The van der Waals surface area contributed by atoms with E-state index in [2.05, 4.69) is 28.7 Å². The second-order valence-electron chi connectivity index (χ2n) is 4.03. The first kappa shape index (κ1) is 13.1. The first-order valence-electron chi connectivity index (χ1n) is 6.11. The van der Waals surface area contributed by atoms with E-state index in [9.17, 15) is 0 Å². The van der Waals surface area contributed by atoms with Gasteiger partial charge in [-0.1, -0.05) is 13.0 Å². The Hall–Kier alpha value is -1.39. The zero-order chi connectivity index (χ0) is 12.8. The second-order valence-corrected chi connectivity index (χ2v) is 4.97. The molecule has 0 fully saturated rings. The molecular weight excluding hydrogens is 244 g/mol. The summed E-state index contributed by atoms with van der Waals surface area (Å²) in [5.41, 5.74) is 1.17. The number of rotatable bonds is 6. The van der Waals surface area contributed by atoms with Crippen LogP contribution in [-0.4, -0.2) is 18.6 Å². The summed E-state index contributed by atoms with van der Waals surface area (Å²) in [7, 11) is 1.71. The molecule has 2 heterocycles. The van der Waals surface area contributed by atoms with Crippen molar-refractivity contribution in [2.24, 2.45) is 0 Å². The molecule has 4 heteroatoms. The topological polar surface area (TPSA) is 34.2 Å². The van der Waals surface area contributed by atoms with Crippen LogP contribution in [-0.2, 0) is 0 Å². The summed E-state index contributed by atoms with van der Waals surface area (Å²) in [6.07, 6.45) is 4.81. The van der Waals surface area contributed by atoms with Crippen LogP contribution in [0.2, 0.25) is 0 Å². The zero-order valence-corrected chi connectivity index (χ0v) is 11.5. The molecule has 1 unspecified atom stereocenters. The van der Waals surface area contributed by atoms with E-state index in [-0.39, 0.29) is 6.04 Å². The molecule has 2 rings (SSSR count). The lowest BCUT2D eigenvalue weighted by atomic mass is 10.1. The van der Waals surface area contributed by atoms with E-state index < -0.39 is 0 Å². The highest BCUT2D eigenvalue weighted by Gasteiger charge is 2.18. The van der Waals surface area contributed by atoms with Crippen molar-refractivity contribution in [3.8, 4) is 5.75 Å². The van der Waals surface area contributed by atoms with Gasteiger partial charge >= 0.3 is 0 Å². The van der Waals surface area contributed by atoms with E-state index >= 15 is 0 Å². The van der Waals surface area contributed by atoms with Crippen LogP contribution in [0.4, 0.5) is 0 Å². The van der Waals surface area contributed by atoms with Gasteiger partial charge in [0.2, 0.25) is 0 Å². The predicted octanol–water partition coefficient (Wildman–Crippen LogP) is 3.24. The maximum absolute atomic E-state index is 5.42. The van der Waals surface area contributed by atoms with Crippen molar-refractivity contribution in [3.63, 3.8) is 0 Å². The largest absolute Gasteiger partial charge is 0.496 e. The number of aromatic nitrogens is 1. The van der Waals surface area contributed by atoms with Gasteiger partial charge in [-0.25, -0.2) is 0 Å². The van der Waals surface area contributed by atoms with Gasteiger partial charge in [-0.2, -0.15) is 0 Å². The number of nitrogens with zero attached hydrogens (tertiary/aromatic N) is 1. The first-order valence-corrected chi connectivity index (χ1v) is 6.99. The number of ether oxygens (including phenoxy) is 1. The highest BCUT2D eigenvalue weighted by Crippen LogP contribution is 2.34. The quantitative estimate of drug-likeness (QED) is 0.867. The summed E-state index contributed by atoms with van der Waals surface area (Å²) in [5, 5.41) is 5.61. The first-order chi connectivity index (χ1) is 8.86. The standard InChI is InChI=1S/C14H18N2OS/c1-3-7-16-13(11-5-4-8-15-10-11)14-12(17-2)6-9-18-14/h4-6,8-10,13,16H,3,7H2,1-2H3. The summed E-state index contributed by atoms with van der Waals surface area (Å²) in [4.78, 5) is 5.41. The Morgan fingerprint density at radius 3 is 3.00 bits per heavy atom. The smallest absolute Gasteiger partial charge is 0.134 e. The minimum absolute atomic E-state index is 0.161. The van der Waals surface area contributed by atoms with Gasteiger partial charge < -0.3 is 10.1 Å². The van der Waals surface area contributed by atoms with Crippen molar-refractivity contribution in [2.45, 2.75) is 19.4 Å². The Morgan fingerprint density at radius 2 is 2.33 bits per heavy atom. The van der Waals surface area contributed by atoms with E-state index in [0.717, 1.165) is 18.7 Å². The molecule has 2 aromatic rings. The molecule has 0 aliphatic rings. The molecule has 0 aliphatic heterocycles. The lowest BCUT2D eigenvalue weighted by Gasteiger charge is -2.18. The van der Waals surface area contributed by atoms with E-state index in [1.165, 1.54) is 10.4 Å². The third-order valence-electron chi connectivity index (χ3n) is 2.76. The molecule has 3 nitrogen and oxygen atoms in total. The summed E-state index contributed by atoms with van der Waals surface area (Å²) >= 11 is 1.71. The van der Waals surface area contributed by atoms with Gasteiger partial charge in [0.1, 0.15) is 5.75 Å². The molecule has 0 saturated heterocycles. The summed E-state index contributed by atoms with van der Waals surface area (Å²) in [6.45, 7) is 3.14. The summed E-state index contributed by atoms with van der Waals surface area (Å²) < 4.78 is 5.42. The van der Waals surface area contributed by atoms with Crippen LogP contribution in [0.1, 0.15) is 29.8 Å². The van der Waals surface area contributed by atoms with Crippen molar-refractivity contribution in [3.05, 3.63) is 46.4 Å². The fourth-order valence-electron chi connectivity index (χ4n) is 1.89. The molecule has 18 heavy (non-hydrogen) atoms. The molecule has 0 aliphatic carbocycles.